The van der Waals surface area contributed by atoms with Crippen LogP contribution in [0.25, 0.3) is 0 Å². The molecule has 0 radical (unpaired) electrons. The van der Waals surface area contributed by atoms with Gasteiger partial charge in [-0.3, -0.25) is 14.5 Å². The number of carbonyl (C=O) groups excluding carboxylic acids is 2. The van der Waals surface area contributed by atoms with E-state index in [0.29, 0.717) is 21.2 Å². The van der Waals surface area contributed by atoms with Gasteiger partial charge in [-0.1, -0.05) is 35.0 Å². The maximum atomic E-state index is 13.1. The molecule has 4 rings (SSSR count). The Bertz CT molecular complexity index is 1070. The van der Waals surface area contributed by atoms with E-state index in [1.807, 2.05) is 0 Å². The average Bonchev–Trinajstić information content (AvgIpc) is 3.36. The number of nitrogens with zero attached hydrogens (tertiary/aromatic N) is 2. The Kier molecular flexibility index (Phi) is 4.33. The van der Waals surface area contributed by atoms with Gasteiger partial charge in [0.15, 0.2) is 11.6 Å². The molecule has 1 unspecified atom stereocenters. The molecule has 0 saturated carbocycles. The quantitative estimate of drug-likeness (QED) is 0.653. The van der Waals surface area contributed by atoms with Crippen LogP contribution in [0.3, 0.4) is 0 Å². The first-order valence-electron chi connectivity index (χ1n) is 8.01. The van der Waals surface area contributed by atoms with E-state index in [2.05, 4.69) is 5.16 Å². The molecule has 1 aromatic carbocycles. The molecule has 0 saturated heterocycles. The predicted octanol–water partition coefficient (Wildman–Crippen LogP) is 4.48. The Hall–Kier alpha value is -2.90. The minimum absolute atomic E-state index is 0.00892. The summed E-state index contributed by atoms with van der Waals surface area (Å²) < 4.78 is 5.08. The van der Waals surface area contributed by atoms with E-state index in [1.54, 1.807) is 54.8 Å². The van der Waals surface area contributed by atoms with Crippen LogP contribution in [0.1, 0.15) is 27.0 Å². The number of aliphatic hydroxyl groups excluding tert-OH is 1. The van der Waals surface area contributed by atoms with Crippen LogP contribution in [0.15, 0.2) is 63.7 Å². The lowest BCUT2D eigenvalue weighted by atomic mass is 9.95. The number of carbonyl (C=O) groups is 2. The second-order valence-corrected chi connectivity index (χ2v) is 7.38. The molecule has 0 fully saturated rings. The molecule has 0 bridgehead atoms. The van der Waals surface area contributed by atoms with E-state index < -0.39 is 23.5 Å². The topological polar surface area (TPSA) is 83.6 Å². The van der Waals surface area contributed by atoms with Gasteiger partial charge in [0.25, 0.3) is 5.91 Å². The van der Waals surface area contributed by atoms with Gasteiger partial charge >= 0.3 is 0 Å². The SMILES string of the molecule is Cc1cc(N2C(=O)C(O)=C(C(=O)c3cccs3)C2c2cccc(Cl)c2)no1. The number of hydrogen-bond donors (Lipinski definition) is 1. The molecule has 8 heteroatoms. The van der Waals surface area contributed by atoms with Crippen molar-refractivity contribution < 1.29 is 19.2 Å². The summed E-state index contributed by atoms with van der Waals surface area (Å²) in [5.74, 6) is -1.01. The van der Waals surface area contributed by atoms with Gasteiger partial charge in [0.2, 0.25) is 5.78 Å². The summed E-state index contributed by atoms with van der Waals surface area (Å²) in [5.41, 5.74) is 0.575. The van der Waals surface area contributed by atoms with Crippen molar-refractivity contribution in [2.75, 3.05) is 4.90 Å². The van der Waals surface area contributed by atoms with Crippen LogP contribution in [0.4, 0.5) is 5.82 Å². The van der Waals surface area contributed by atoms with Gasteiger partial charge in [-0.15, -0.1) is 11.3 Å². The minimum atomic E-state index is -0.865. The highest BCUT2D eigenvalue weighted by molar-refractivity contribution is 7.12. The van der Waals surface area contributed by atoms with Crippen molar-refractivity contribution in [3.05, 3.63) is 80.4 Å². The van der Waals surface area contributed by atoms with Crippen molar-refractivity contribution >= 4 is 40.4 Å². The molecule has 3 aromatic rings. The summed E-state index contributed by atoms with van der Waals surface area (Å²) in [5, 5.41) is 16.6. The molecule has 0 aliphatic carbocycles. The average molecular weight is 401 g/mol. The third-order valence-corrected chi connectivity index (χ3v) is 5.33. The number of halogens is 1. The fourth-order valence-corrected chi connectivity index (χ4v) is 3.95. The summed E-state index contributed by atoms with van der Waals surface area (Å²) in [4.78, 5) is 27.5. The van der Waals surface area contributed by atoms with Crippen LogP contribution in [0, 0.1) is 6.92 Å². The number of benzene rings is 1. The first-order chi connectivity index (χ1) is 13.0. The molecule has 3 heterocycles. The number of aromatic nitrogens is 1. The van der Waals surface area contributed by atoms with Gasteiger partial charge in [0.05, 0.1) is 16.5 Å². The maximum Gasteiger partial charge on any atom is 0.295 e. The van der Waals surface area contributed by atoms with Gasteiger partial charge in [0.1, 0.15) is 5.76 Å². The Morgan fingerprint density at radius 2 is 2.11 bits per heavy atom. The van der Waals surface area contributed by atoms with Crippen LogP contribution in [-0.4, -0.2) is 22.0 Å². The van der Waals surface area contributed by atoms with Gasteiger partial charge in [-0.25, -0.2) is 0 Å². The molecule has 136 valence electrons. The van der Waals surface area contributed by atoms with E-state index >= 15 is 0 Å². The standard InChI is InChI=1S/C19H13ClN2O4S/c1-10-8-14(21-26-10)22-16(11-4-2-5-12(20)9-11)15(18(24)19(22)25)17(23)13-6-3-7-27-13/h2-9,16,24H,1H3. The molecular formula is C19H13ClN2O4S. The second-order valence-electron chi connectivity index (χ2n) is 6.00. The smallest absolute Gasteiger partial charge is 0.295 e. The summed E-state index contributed by atoms with van der Waals surface area (Å²) in [6.07, 6.45) is 0. The Labute approximate surface area is 163 Å². The molecule has 1 aliphatic heterocycles. The van der Waals surface area contributed by atoms with Crippen LogP contribution in [-0.2, 0) is 4.79 Å². The van der Waals surface area contributed by atoms with Crippen LogP contribution >= 0.6 is 22.9 Å². The van der Waals surface area contributed by atoms with E-state index in [1.165, 1.54) is 16.2 Å². The normalized spacial score (nSPS) is 17.0. The zero-order valence-electron chi connectivity index (χ0n) is 14.0. The predicted molar refractivity (Wildman–Crippen MR) is 101 cm³/mol. The molecule has 27 heavy (non-hydrogen) atoms. The maximum absolute atomic E-state index is 13.1. The number of ketones is 1. The molecule has 0 spiro atoms. The number of amides is 1. The monoisotopic (exact) mass is 400 g/mol. The molecule has 1 atom stereocenters. The van der Waals surface area contributed by atoms with Gasteiger partial charge in [0, 0.05) is 11.1 Å². The number of aliphatic hydroxyl groups is 1. The minimum Gasteiger partial charge on any atom is -0.503 e. The number of thiophene rings is 1. The lowest BCUT2D eigenvalue weighted by Gasteiger charge is -2.24. The van der Waals surface area contributed by atoms with E-state index in [4.69, 9.17) is 16.1 Å². The number of rotatable bonds is 4. The fourth-order valence-electron chi connectivity index (χ4n) is 3.07. The van der Waals surface area contributed by atoms with Gasteiger partial charge < -0.3 is 9.63 Å². The zero-order chi connectivity index (χ0) is 19.1. The highest BCUT2D eigenvalue weighted by Gasteiger charge is 2.46. The van der Waals surface area contributed by atoms with E-state index in [-0.39, 0.29) is 11.4 Å². The lowest BCUT2D eigenvalue weighted by molar-refractivity contribution is -0.117. The van der Waals surface area contributed by atoms with Crippen molar-refractivity contribution in [2.45, 2.75) is 13.0 Å². The summed E-state index contributed by atoms with van der Waals surface area (Å²) in [6, 6.07) is 10.9. The van der Waals surface area contributed by atoms with Crippen molar-refractivity contribution in [1.29, 1.82) is 0 Å². The van der Waals surface area contributed by atoms with E-state index in [9.17, 15) is 14.7 Å². The third kappa shape index (κ3) is 2.94. The first-order valence-corrected chi connectivity index (χ1v) is 9.27. The first kappa shape index (κ1) is 17.5. The van der Waals surface area contributed by atoms with Crippen LogP contribution < -0.4 is 4.90 Å². The van der Waals surface area contributed by atoms with Gasteiger partial charge in [-0.2, -0.15) is 0 Å². The summed E-state index contributed by atoms with van der Waals surface area (Å²) in [7, 11) is 0. The summed E-state index contributed by atoms with van der Waals surface area (Å²) in [6.45, 7) is 1.69. The molecule has 2 aromatic heterocycles. The van der Waals surface area contributed by atoms with Gasteiger partial charge in [-0.05, 0) is 36.1 Å². The van der Waals surface area contributed by atoms with Crippen molar-refractivity contribution in [3.8, 4) is 0 Å². The highest BCUT2D eigenvalue weighted by Crippen LogP contribution is 2.42. The Morgan fingerprint density at radius 3 is 2.74 bits per heavy atom. The van der Waals surface area contributed by atoms with E-state index in [0.717, 1.165) is 0 Å². The largest absolute Gasteiger partial charge is 0.503 e. The molecular weight excluding hydrogens is 388 g/mol. The Morgan fingerprint density at radius 1 is 1.30 bits per heavy atom. The Balaban J connectivity index is 1.89. The van der Waals surface area contributed by atoms with Crippen molar-refractivity contribution in [3.63, 3.8) is 0 Å². The highest BCUT2D eigenvalue weighted by atomic mass is 35.5. The zero-order valence-corrected chi connectivity index (χ0v) is 15.6. The van der Waals surface area contributed by atoms with Crippen LogP contribution in [0.2, 0.25) is 5.02 Å². The number of anilines is 1. The van der Waals surface area contributed by atoms with Crippen molar-refractivity contribution in [2.24, 2.45) is 0 Å². The molecule has 6 nitrogen and oxygen atoms in total. The fraction of sp³-hybridized carbons (Fsp3) is 0.105. The third-order valence-electron chi connectivity index (χ3n) is 4.22. The summed E-state index contributed by atoms with van der Waals surface area (Å²) >= 11 is 7.36. The van der Waals surface area contributed by atoms with Crippen LogP contribution in [0.5, 0.6) is 0 Å². The molecule has 1 aliphatic rings. The lowest BCUT2D eigenvalue weighted by Crippen LogP contribution is -2.31. The molecule has 1 amide bonds. The van der Waals surface area contributed by atoms with Crippen molar-refractivity contribution in [1.82, 2.24) is 5.16 Å². The number of Topliss-reactive ketones (excluding diaryl/α,β-unsaturated/α-hetero) is 1. The second kappa shape index (κ2) is 6.68. The number of hydrogen-bond acceptors (Lipinski definition) is 6. The number of aryl methyl sites for hydroxylation is 1. The molecule has 1 N–H and O–H groups in total.